The van der Waals surface area contributed by atoms with Crippen LogP contribution in [0.4, 0.5) is 10.1 Å². The van der Waals surface area contributed by atoms with Crippen molar-refractivity contribution in [2.75, 3.05) is 11.8 Å². The molecule has 0 saturated heterocycles. The highest BCUT2D eigenvalue weighted by Crippen LogP contribution is 2.22. The second-order valence-electron chi connectivity index (χ2n) is 6.64. The lowest BCUT2D eigenvalue weighted by molar-refractivity contribution is 0.0742. The molecule has 7 heteroatoms. The average molecular weight is 412 g/mol. The van der Waals surface area contributed by atoms with Crippen molar-refractivity contribution in [3.63, 3.8) is 0 Å². The van der Waals surface area contributed by atoms with E-state index >= 15 is 0 Å². The second kappa shape index (κ2) is 8.45. The minimum absolute atomic E-state index is 0.160. The van der Waals surface area contributed by atoms with Gasteiger partial charge in [0.15, 0.2) is 0 Å². The molecule has 0 bridgehead atoms. The molecule has 0 saturated carbocycles. The summed E-state index contributed by atoms with van der Waals surface area (Å²) in [7, 11) is -2.02. The first-order valence-corrected chi connectivity index (χ1v) is 10.5. The van der Waals surface area contributed by atoms with Crippen LogP contribution in [0.3, 0.4) is 0 Å². The highest BCUT2D eigenvalue weighted by Gasteiger charge is 2.19. The van der Waals surface area contributed by atoms with Crippen molar-refractivity contribution in [2.24, 2.45) is 0 Å². The van der Waals surface area contributed by atoms with Crippen LogP contribution in [0.15, 0.2) is 83.8 Å². The SMILES string of the molecule is CC(c1ccc(F)cc1)N(C)C(=O)c1ccc(NS(=O)(=O)c2ccccc2)cc1. The smallest absolute Gasteiger partial charge is 0.261 e. The molecule has 0 spiro atoms. The second-order valence-corrected chi connectivity index (χ2v) is 8.32. The van der Waals surface area contributed by atoms with Crippen LogP contribution in [0.25, 0.3) is 0 Å². The Morgan fingerprint density at radius 3 is 2.10 bits per heavy atom. The van der Waals surface area contributed by atoms with E-state index in [4.69, 9.17) is 0 Å². The van der Waals surface area contributed by atoms with Gasteiger partial charge < -0.3 is 4.90 Å². The first-order chi connectivity index (χ1) is 13.8. The van der Waals surface area contributed by atoms with Gasteiger partial charge in [0.05, 0.1) is 10.9 Å². The van der Waals surface area contributed by atoms with Crippen LogP contribution in [0.2, 0.25) is 0 Å². The van der Waals surface area contributed by atoms with E-state index in [-0.39, 0.29) is 22.7 Å². The number of benzene rings is 3. The highest BCUT2D eigenvalue weighted by molar-refractivity contribution is 7.92. The molecule has 0 heterocycles. The van der Waals surface area contributed by atoms with Crippen molar-refractivity contribution in [3.05, 3.63) is 95.8 Å². The maximum atomic E-state index is 13.1. The maximum absolute atomic E-state index is 13.1. The van der Waals surface area contributed by atoms with Gasteiger partial charge in [0.2, 0.25) is 0 Å². The summed E-state index contributed by atoms with van der Waals surface area (Å²) < 4.78 is 40.4. The molecule has 1 atom stereocenters. The summed E-state index contributed by atoms with van der Waals surface area (Å²) in [6.07, 6.45) is 0. The maximum Gasteiger partial charge on any atom is 0.261 e. The van der Waals surface area contributed by atoms with E-state index in [1.165, 1.54) is 24.3 Å². The summed E-state index contributed by atoms with van der Waals surface area (Å²) in [5.41, 5.74) is 1.60. The predicted molar refractivity (Wildman–Crippen MR) is 111 cm³/mol. The fourth-order valence-corrected chi connectivity index (χ4v) is 3.92. The van der Waals surface area contributed by atoms with Gasteiger partial charge in [0.1, 0.15) is 5.82 Å². The van der Waals surface area contributed by atoms with Gasteiger partial charge in [-0.15, -0.1) is 0 Å². The molecular formula is C22H21FN2O3S. The van der Waals surface area contributed by atoms with Gasteiger partial charge in [-0.3, -0.25) is 9.52 Å². The fraction of sp³-hybridized carbons (Fsp3) is 0.136. The molecule has 3 rings (SSSR count). The molecule has 29 heavy (non-hydrogen) atoms. The van der Waals surface area contributed by atoms with Crippen molar-refractivity contribution < 1.29 is 17.6 Å². The quantitative estimate of drug-likeness (QED) is 0.650. The number of amides is 1. The molecule has 0 aliphatic heterocycles. The number of rotatable bonds is 6. The van der Waals surface area contributed by atoms with Crippen molar-refractivity contribution in [3.8, 4) is 0 Å². The number of anilines is 1. The first-order valence-electron chi connectivity index (χ1n) is 8.98. The normalized spacial score (nSPS) is 12.2. The number of hydrogen-bond acceptors (Lipinski definition) is 3. The third-order valence-corrected chi connectivity index (χ3v) is 6.09. The summed E-state index contributed by atoms with van der Waals surface area (Å²) in [5, 5.41) is 0. The molecule has 3 aromatic carbocycles. The largest absolute Gasteiger partial charge is 0.335 e. The van der Waals surface area contributed by atoms with E-state index in [2.05, 4.69) is 4.72 Å². The van der Waals surface area contributed by atoms with Crippen molar-refractivity contribution in [1.82, 2.24) is 4.90 Å². The molecule has 1 N–H and O–H groups in total. The van der Waals surface area contributed by atoms with Crippen LogP contribution in [-0.2, 0) is 10.0 Å². The number of hydrogen-bond donors (Lipinski definition) is 1. The number of nitrogens with zero attached hydrogens (tertiary/aromatic N) is 1. The Morgan fingerprint density at radius 2 is 1.52 bits per heavy atom. The predicted octanol–water partition coefficient (Wildman–Crippen LogP) is 4.46. The monoisotopic (exact) mass is 412 g/mol. The molecule has 0 fully saturated rings. The Kier molecular flexibility index (Phi) is 5.98. The van der Waals surface area contributed by atoms with Crippen molar-refractivity contribution in [2.45, 2.75) is 17.9 Å². The molecule has 3 aromatic rings. The van der Waals surface area contributed by atoms with Gasteiger partial charge in [0, 0.05) is 18.3 Å². The van der Waals surface area contributed by atoms with Gasteiger partial charge >= 0.3 is 0 Å². The van der Waals surface area contributed by atoms with Gasteiger partial charge in [-0.1, -0.05) is 30.3 Å². The molecule has 150 valence electrons. The average Bonchev–Trinajstić information content (AvgIpc) is 2.73. The van der Waals surface area contributed by atoms with Gasteiger partial charge in [-0.05, 0) is 61.0 Å². The Hall–Kier alpha value is -3.19. The summed E-state index contributed by atoms with van der Waals surface area (Å²) in [5.74, 6) is -0.553. The lowest BCUT2D eigenvalue weighted by Gasteiger charge is -2.25. The van der Waals surface area contributed by atoms with Crippen LogP contribution in [-0.4, -0.2) is 26.3 Å². The van der Waals surface area contributed by atoms with Crippen LogP contribution < -0.4 is 4.72 Å². The Balaban J connectivity index is 1.72. The van der Waals surface area contributed by atoms with Crippen molar-refractivity contribution >= 4 is 21.6 Å². The molecular weight excluding hydrogens is 391 g/mol. The number of carbonyl (C=O) groups is 1. The lowest BCUT2D eigenvalue weighted by atomic mass is 10.1. The van der Waals surface area contributed by atoms with E-state index < -0.39 is 10.0 Å². The van der Waals surface area contributed by atoms with Crippen molar-refractivity contribution in [1.29, 1.82) is 0 Å². The van der Waals surface area contributed by atoms with E-state index in [9.17, 15) is 17.6 Å². The van der Waals surface area contributed by atoms with Gasteiger partial charge in [0.25, 0.3) is 15.9 Å². The summed E-state index contributed by atoms with van der Waals surface area (Å²) in [6.45, 7) is 1.85. The van der Waals surface area contributed by atoms with E-state index in [0.717, 1.165) is 5.56 Å². The van der Waals surface area contributed by atoms with Gasteiger partial charge in [-0.25, -0.2) is 12.8 Å². The molecule has 0 aliphatic carbocycles. The molecule has 0 aromatic heterocycles. The lowest BCUT2D eigenvalue weighted by Crippen LogP contribution is -2.29. The van der Waals surface area contributed by atoms with Crippen LogP contribution in [0.1, 0.15) is 28.9 Å². The highest BCUT2D eigenvalue weighted by atomic mass is 32.2. The van der Waals surface area contributed by atoms with Crippen LogP contribution in [0.5, 0.6) is 0 Å². The zero-order valence-electron chi connectivity index (χ0n) is 16.0. The molecule has 0 radical (unpaired) electrons. The third-order valence-electron chi connectivity index (χ3n) is 4.69. The summed E-state index contributed by atoms with van der Waals surface area (Å²) in [4.78, 5) is 14.5. The van der Waals surface area contributed by atoms with E-state index in [0.29, 0.717) is 11.3 Å². The Labute approximate surface area is 169 Å². The van der Waals surface area contributed by atoms with E-state index in [1.54, 1.807) is 66.5 Å². The van der Waals surface area contributed by atoms with Gasteiger partial charge in [-0.2, -0.15) is 0 Å². The third kappa shape index (κ3) is 4.81. The molecule has 1 unspecified atom stereocenters. The minimum atomic E-state index is -3.69. The first kappa shape index (κ1) is 20.5. The molecule has 0 aliphatic rings. The number of nitrogens with one attached hydrogen (secondary N) is 1. The number of halogens is 1. The number of sulfonamides is 1. The van der Waals surface area contributed by atoms with Crippen LogP contribution in [0, 0.1) is 5.82 Å². The Morgan fingerprint density at radius 1 is 0.931 bits per heavy atom. The number of carbonyl (C=O) groups excluding carboxylic acids is 1. The minimum Gasteiger partial charge on any atom is -0.335 e. The summed E-state index contributed by atoms with van der Waals surface area (Å²) in [6, 6.07) is 20.0. The fourth-order valence-electron chi connectivity index (χ4n) is 2.84. The van der Waals surface area contributed by atoms with Crippen LogP contribution >= 0.6 is 0 Å². The zero-order valence-corrected chi connectivity index (χ0v) is 16.9. The molecule has 1 amide bonds. The molecule has 5 nitrogen and oxygen atoms in total. The topological polar surface area (TPSA) is 66.5 Å². The Bertz CT molecular complexity index is 1080. The zero-order chi connectivity index (χ0) is 21.0. The standard InChI is InChI=1S/C22H21FN2O3S/c1-16(17-8-12-19(23)13-9-17)25(2)22(26)18-10-14-20(15-11-18)24-29(27,28)21-6-4-3-5-7-21/h3-16,24H,1-2H3. The summed E-state index contributed by atoms with van der Waals surface area (Å²) >= 11 is 0. The van der Waals surface area contributed by atoms with E-state index in [1.807, 2.05) is 6.92 Å².